The summed E-state index contributed by atoms with van der Waals surface area (Å²) in [6.07, 6.45) is 0. The SMILES string of the molecule is Cc1noc(C)c1CS(=O)(=O)C(C)C(=O)NCC(C)C. The van der Waals surface area contributed by atoms with Gasteiger partial charge in [0.1, 0.15) is 11.0 Å². The van der Waals surface area contributed by atoms with Gasteiger partial charge in [0.2, 0.25) is 5.91 Å². The van der Waals surface area contributed by atoms with Crippen LogP contribution in [0.3, 0.4) is 0 Å². The summed E-state index contributed by atoms with van der Waals surface area (Å²) in [6, 6.07) is 0. The van der Waals surface area contributed by atoms with E-state index in [0.29, 0.717) is 23.6 Å². The van der Waals surface area contributed by atoms with Gasteiger partial charge in [-0.05, 0) is 26.7 Å². The number of amides is 1. The molecule has 114 valence electrons. The Kier molecular flexibility index (Phi) is 5.33. The van der Waals surface area contributed by atoms with Crippen LogP contribution in [-0.2, 0) is 20.4 Å². The molecule has 1 aromatic heterocycles. The number of rotatable bonds is 6. The van der Waals surface area contributed by atoms with E-state index in [9.17, 15) is 13.2 Å². The largest absolute Gasteiger partial charge is 0.361 e. The number of nitrogens with one attached hydrogen (secondary N) is 1. The Morgan fingerprint density at radius 3 is 2.35 bits per heavy atom. The van der Waals surface area contributed by atoms with Crippen molar-refractivity contribution in [2.24, 2.45) is 5.92 Å². The highest BCUT2D eigenvalue weighted by atomic mass is 32.2. The van der Waals surface area contributed by atoms with Crippen molar-refractivity contribution in [2.75, 3.05) is 6.54 Å². The second kappa shape index (κ2) is 6.39. The van der Waals surface area contributed by atoms with E-state index in [2.05, 4.69) is 10.5 Å². The Labute approximate surface area is 119 Å². The Balaban J connectivity index is 2.81. The van der Waals surface area contributed by atoms with E-state index in [0.717, 1.165) is 0 Å². The third-order valence-electron chi connectivity index (χ3n) is 3.12. The summed E-state index contributed by atoms with van der Waals surface area (Å²) in [7, 11) is -3.59. The molecule has 20 heavy (non-hydrogen) atoms. The fraction of sp³-hybridized carbons (Fsp3) is 0.692. The molecule has 1 N–H and O–H groups in total. The maximum Gasteiger partial charge on any atom is 0.238 e. The van der Waals surface area contributed by atoms with Crippen molar-refractivity contribution in [1.82, 2.24) is 10.5 Å². The predicted octanol–water partition coefficient (Wildman–Crippen LogP) is 1.37. The van der Waals surface area contributed by atoms with Gasteiger partial charge in [0.15, 0.2) is 9.84 Å². The lowest BCUT2D eigenvalue weighted by Crippen LogP contribution is -2.40. The number of aryl methyl sites for hydroxylation is 2. The van der Waals surface area contributed by atoms with Crippen molar-refractivity contribution in [3.05, 3.63) is 17.0 Å². The number of sulfone groups is 1. The molecule has 0 aliphatic rings. The van der Waals surface area contributed by atoms with Gasteiger partial charge in [-0.2, -0.15) is 0 Å². The molecule has 6 nitrogen and oxygen atoms in total. The lowest BCUT2D eigenvalue weighted by molar-refractivity contribution is -0.120. The number of hydrogen-bond acceptors (Lipinski definition) is 5. The maximum absolute atomic E-state index is 12.3. The molecule has 1 unspecified atom stereocenters. The van der Waals surface area contributed by atoms with Gasteiger partial charge in [-0.1, -0.05) is 19.0 Å². The minimum atomic E-state index is -3.59. The number of carbonyl (C=O) groups is 1. The van der Waals surface area contributed by atoms with E-state index < -0.39 is 21.0 Å². The summed E-state index contributed by atoms with van der Waals surface area (Å²) in [5.41, 5.74) is 1.08. The smallest absolute Gasteiger partial charge is 0.238 e. The van der Waals surface area contributed by atoms with Crippen LogP contribution < -0.4 is 5.32 Å². The van der Waals surface area contributed by atoms with Crippen LogP contribution in [0.25, 0.3) is 0 Å². The third-order valence-corrected chi connectivity index (χ3v) is 5.10. The number of aromatic nitrogens is 1. The average molecular weight is 302 g/mol. The quantitative estimate of drug-likeness (QED) is 0.857. The molecule has 7 heteroatoms. The van der Waals surface area contributed by atoms with Gasteiger partial charge in [0.05, 0.1) is 11.4 Å². The summed E-state index contributed by atoms with van der Waals surface area (Å²) in [5.74, 6) is 0.0486. The summed E-state index contributed by atoms with van der Waals surface area (Å²) in [5, 5.41) is 5.28. The molecule has 1 aromatic rings. The summed E-state index contributed by atoms with van der Waals surface area (Å²) >= 11 is 0. The number of nitrogens with zero attached hydrogens (tertiary/aromatic N) is 1. The van der Waals surface area contributed by atoms with Crippen molar-refractivity contribution in [2.45, 2.75) is 45.6 Å². The average Bonchev–Trinajstić information content (AvgIpc) is 2.66. The summed E-state index contributed by atoms with van der Waals surface area (Å²) < 4.78 is 29.5. The zero-order valence-corrected chi connectivity index (χ0v) is 13.4. The highest BCUT2D eigenvalue weighted by molar-refractivity contribution is 7.92. The van der Waals surface area contributed by atoms with Crippen LogP contribution >= 0.6 is 0 Å². The Morgan fingerprint density at radius 2 is 1.90 bits per heavy atom. The highest BCUT2D eigenvalue weighted by Crippen LogP contribution is 2.18. The van der Waals surface area contributed by atoms with Gasteiger partial charge in [-0.3, -0.25) is 4.79 Å². The lowest BCUT2D eigenvalue weighted by Gasteiger charge is -2.14. The van der Waals surface area contributed by atoms with Crippen LogP contribution in [0.4, 0.5) is 0 Å². The second-order valence-corrected chi connectivity index (χ2v) is 7.71. The van der Waals surface area contributed by atoms with Crippen LogP contribution in [-0.4, -0.2) is 31.3 Å². The lowest BCUT2D eigenvalue weighted by atomic mass is 10.2. The first kappa shape index (κ1) is 16.7. The summed E-state index contributed by atoms with van der Waals surface area (Å²) in [6.45, 7) is 9.11. The van der Waals surface area contributed by atoms with Crippen LogP contribution in [0.15, 0.2) is 4.52 Å². The third kappa shape index (κ3) is 4.06. The normalized spacial score (nSPS) is 13.5. The van der Waals surface area contributed by atoms with Crippen LogP contribution in [0, 0.1) is 19.8 Å². The van der Waals surface area contributed by atoms with Crippen molar-refractivity contribution in [3.8, 4) is 0 Å². The first-order chi connectivity index (χ1) is 9.15. The zero-order valence-electron chi connectivity index (χ0n) is 12.6. The zero-order chi connectivity index (χ0) is 15.5. The van der Waals surface area contributed by atoms with Crippen molar-refractivity contribution in [3.63, 3.8) is 0 Å². The molecule has 0 aromatic carbocycles. The molecule has 1 rings (SSSR count). The first-order valence-corrected chi connectivity index (χ1v) is 8.27. The van der Waals surface area contributed by atoms with E-state index >= 15 is 0 Å². The molecule has 0 saturated carbocycles. The van der Waals surface area contributed by atoms with Gasteiger partial charge in [-0.25, -0.2) is 8.42 Å². The molecule has 0 fully saturated rings. The van der Waals surface area contributed by atoms with E-state index in [1.807, 2.05) is 13.8 Å². The molecule has 1 heterocycles. The maximum atomic E-state index is 12.3. The predicted molar refractivity (Wildman–Crippen MR) is 75.9 cm³/mol. The van der Waals surface area contributed by atoms with Crippen molar-refractivity contribution >= 4 is 15.7 Å². The van der Waals surface area contributed by atoms with E-state index in [1.54, 1.807) is 13.8 Å². The first-order valence-electron chi connectivity index (χ1n) is 6.56. The van der Waals surface area contributed by atoms with E-state index in [-0.39, 0.29) is 11.7 Å². The molecule has 0 aliphatic heterocycles. The molecule has 0 saturated heterocycles. The van der Waals surface area contributed by atoms with E-state index in [4.69, 9.17) is 4.52 Å². The van der Waals surface area contributed by atoms with Crippen LogP contribution in [0.1, 0.15) is 37.8 Å². The van der Waals surface area contributed by atoms with Gasteiger partial charge >= 0.3 is 0 Å². The molecule has 0 radical (unpaired) electrons. The Morgan fingerprint density at radius 1 is 1.30 bits per heavy atom. The molecule has 1 amide bonds. The van der Waals surface area contributed by atoms with Gasteiger partial charge in [0, 0.05) is 12.1 Å². The van der Waals surface area contributed by atoms with Gasteiger partial charge < -0.3 is 9.84 Å². The minimum Gasteiger partial charge on any atom is -0.361 e. The number of carbonyl (C=O) groups excluding carboxylic acids is 1. The van der Waals surface area contributed by atoms with Crippen LogP contribution in [0.5, 0.6) is 0 Å². The highest BCUT2D eigenvalue weighted by Gasteiger charge is 2.30. The van der Waals surface area contributed by atoms with E-state index in [1.165, 1.54) is 6.92 Å². The minimum absolute atomic E-state index is 0.232. The molecule has 0 spiro atoms. The van der Waals surface area contributed by atoms with Gasteiger partial charge in [-0.15, -0.1) is 0 Å². The van der Waals surface area contributed by atoms with Crippen molar-refractivity contribution < 1.29 is 17.7 Å². The molecule has 0 bridgehead atoms. The molecule has 1 atom stereocenters. The molecular formula is C13H22N2O4S. The fourth-order valence-electron chi connectivity index (χ4n) is 1.65. The fourth-order valence-corrected chi connectivity index (χ4v) is 3.12. The Hall–Kier alpha value is -1.37. The molecular weight excluding hydrogens is 280 g/mol. The number of hydrogen-bond donors (Lipinski definition) is 1. The van der Waals surface area contributed by atoms with Crippen molar-refractivity contribution in [1.29, 1.82) is 0 Å². The van der Waals surface area contributed by atoms with Crippen LogP contribution in [0.2, 0.25) is 0 Å². The topological polar surface area (TPSA) is 89.3 Å². The second-order valence-electron chi connectivity index (χ2n) is 5.39. The Bertz CT molecular complexity index is 556. The molecule has 0 aliphatic carbocycles. The van der Waals surface area contributed by atoms with Gasteiger partial charge in [0.25, 0.3) is 0 Å². The summed E-state index contributed by atoms with van der Waals surface area (Å²) in [4.78, 5) is 11.9. The standard InChI is InChI=1S/C13H22N2O4S/c1-8(2)6-14-13(16)11(5)20(17,18)7-12-9(3)15-19-10(12)4/h8,11H,6-7H2,1-5H3,(H,14,16). The monoisotopic (exact) mass is 302 g/mol.